The van der Waals surface area contributed by atoms with Gasteiger partial charge in [0.1, 0.15) is 4.99 Å². The molecule has 2 rings (SSSR count). The summed E-state index contributed by atoms with van der Waals surface area (Å²) in [6.07, 6.45) is 0. The topological polar surface area (TPSA) is 50.9 Å². The molecule has 0 aliphatic heterocycles. The van der Waals surface area contributed by atoms with Crippen LogP contribution in [0.25, 0.3) is 0 Å². The fraction of sp³-hybridized carbons (Fsp3) is 0.167. The van der Waals surface area contributed by atoms with Crippen LogP contribution in [0, 0.1) is 6.92 Å². The zero-order valence-corrected chi connectivity index (χ0v) is 12.1. The average molecular weight is 298 g/mol. The maximum atomic E-state index is 6.10. The van der Waals surface area contributed by atoms with Gasteiger partial charge in [-0.2, -0.15) is 0 Å². The molecule has 1 aromatic heterocycles. The first-order chi connectivity index (χ1) is 8.59. The number of benzene rings is 1. The van der Waals surface area contributed by atoms with Crippen molar-refractivity contribution in [1.82, 2.24) is 4.98 Å². The van der Waals surface area contributed by atoms with Crippen LogP contribution >= 0.6 is 35.2 Å². The highest BCUT2D eigenvalue weighted by Crippen LogP contribution is 2.25. The average Bonchev–Trinajstić information content (AvgIpc) is 2.71. The van der Waals surface area contributed by atoms with Crippen LogP contribution in [0.1, 0.15) is 16.1 Å². The van der Waals surface area contributed by atoms with E-state index < -0.39 is 0 Å². The van der Waals surface area contributed by atoms with Crippen molar-refractivity contribution in [3.05, 3.63) is 44.9 Å². The van der Waals surface area contributed by atoms with Crippen molar-refractivity contribution in [1.29, 1.82) is 0 Å². The second kappa shape index (κ2) is 5.65. The van der Waals surface area contributed by atoms with Gasteiger partial charge in [0.2, 0.25) is 0 Å². The predicted molar refractivity (Wildman–Crippen MR) is 81.5 cm³/mol. The molecule has 0 aliphatic rings. The largest absolute Gasteiger partial charge is 0.389 e. The van der Waals surface area contributed by atoms with Crippen molar-refractivity contribution in [3.8, 4) is 0 Å². The first-order valence-electron chi connectivity index (χ1n) is 5.30. The van der Waals surface area contributed by atoms with E-state index in [2.05, 4.69) is 10.3 Å². The molecule has 1 heterocycles. The minimum absolute atomic E-state index is 0.295. The van der Waals surface area contributed by atoms with Crippen LogP contribution in [0.15, 0.2) is 23.7 Å². The zero-order valence-electron chi connectivity index (χ0n) is 9.74. The summed E-state index contributed by atoms with van der Waals surface area (Å²) in [6.45, 7) is 2.67. The van der Waals surface area contributed by atoms with E-state index in [1.165, 1.54) is 4.88 Å². The Labute approximate surface area is 120 Å². The van der Waals surface area contributed by atoms with Crippen molar-refractivity contribution >= 4 is 45.8 Å². The van der Waals surface area contributed by atoms with Crippen molar-refractivity contribution < 1.29 is 0 Å². The Morgan fingerprint density at radius 2 is 2.33 bits per heavy atom. The first kappa shape index (κ1) is 13.3. The Morgan fingerprint density at radius 1 is 1.56 bits per heavy atom. The fourth-order valence-corrected chi connectivity index (χ4v) is 2.86. The van der Waals surface area contributed by atoms with Crippen LogP contribution in [-0.2, 0) is 6.54 Å². The quantitative estimate of drug-likeness (QED) is 0.850. The van der Waals surface area contributed by atoms with Crippen molar-refractivity contribution in [2.45, 2.75) is 13.5 Å². The van der Waals surface area contributed by atoms with Crippen LogP contribution in [-0.4, -0.2) is 9.97 Å². The highest BCUT2D eigenvalue weighted by atomic mass is 35.5. The lowest BCUT2D eigenvalue weighted by atomic mass is 10.1. The molecule has 0 bridgehead atoms. The normalized spacial score (nSPS) is 10.3. The zero-order chi connectivity index (χ0) is 13.1. The number of hydrogen-bond donors (Lipinski definition) is 2. The van der Waals surface area contributed by atoms with Gasteiger partial charge in [-0.1, -0.05) is 29.9 Å². The molecule has 0 aliphatic carbocycles. The monoisotopic (exact) mass is 297 g/mol. The number of aryl methyl sites for hydroxylation is 1. The number of hydrogen-bond acceptors (Lipinski definition) is 4. The fourth-order valence-electron chi connectivity index (χ4n) is 1.59. The highest BCUT2D eigenvalue weighted by Gasteiger charge is 2.10. The molecule has 0 atom stereocenters. The molecule has 0 radical (unpaired) electrons. The Balaban J connectivity index is 2.22. The lowest BCUT2D eigenvalue weighted by Crippen LogP contribution is -2.13. The van der Waals surface area contributed by atoms with Gasteiger partial charge < -0.3 is 11.1 Å². The van der Waals surface area contributed by atoms with Gasteiger partial charge in [-0.25, -0.2) is 4.98 Å². The van der Waals surface area contributed by atoms with Gasteiger partial charge in [-0.05, 0) is 19.1 Å². The number of thiocarbonyl (C=S) groups is 1. The molecule has 0 saturated carbocycles. The number of nitrogens with one attached hydrogen (secondary N) is 1. The number of aromatic nitrogens is 1. The number of anilines is 1. The van der Waals surface area contributed by atoms with Gasteiger partial charge in [-0.3, -0.25) is 0 Å². The van der Waals surface area contributed by atoms with E-state index >= 15 is 0 Å². The van der Waals surface area contributed by atoms with E-state index in [0.29, 0.717) is 22.1 Å². The number of nitrogens with two attached hydrogens (primary N) is 1. The Hall–Kier alpha value is -1.17. The molecule has 0 fully saturated rings. The minimum Gasteiger partial charge on any atom is -0.389 e. The third-order valence-electron chi connectivity index (χ3n) is 2.54. The smallest absolute Gasteiger partial charge is 0.107 e. The third kappa shape index (κ3) is 2.80. The van der Waals surface area contributed by atoms with E-state index in [4.69, 9.17) is 29.6 Å². The molecule has 0 unspecified atom stereocenters. The Kier molecular flexibility index (Phi) is 4.16. The molecule has 6 heteroatoms. The maximum Gasteiger partial charge on any atom is 0.107 e. The Morgan fingerprint density at radius 3 is 2.94 bits per heavy atom. The summed E-state index contributed by atoms with van der Waals surface area (Å²) >= 11 is 12.7. The predicted octanol–water partition coefficient (Wildman–Crippen LogP) is 3.35. The second-order valence-corrected chi connectivity index (χ2v) is 5.53. The summed E-state index contributed by atoms with van der Waals surface area (Å²) in [7, 11) is 0. The summed E-state index contributed by atoms with van der Waals surface area (Å²) in [6, 6.07) is 5.56. The summed E-state index contributed by atoms with van der Waals surface area (Å²) in [5.41, 5.74) is 10.1. The third-order valence-corrected chi connectivity index (χ3v) is 4.00. The molecule has 3 nitrogen and oxygen atoms in total. The molecule has 0 saturated heterocycles. The molecule has 0 amide bonds. The first-order valence-corrected chi connectivity index (χ1v) is 6.97. The standard InChI is InChI=1S/C12H12ClN3S2/c1-7-10(18-6-16-7)5-15-9-4-2-3-8(13)11(9)12(14)17/h2-4,6,15H,5H2,1H3,(H2,14,17). The van der Waals surface area contributed by atoms with E-state index in [9.17, 15) is 0 Å². The molecular formula is C12H12ClN3S2. The van der Waals surface area contributed by atoms with Gasteiger partial charge in [0.15, 0.2) is 0 Å². The number of thiazole rings is 1. The molecule has 18 heavy (non-hydrogen) atoms. The van der Waals surface area contributed by atoms with E-state index in [1.807, 2.05) is 24.6 Å². The number of nitrogens with zero attached hydrogens (tertiary/aromatic N) is 1. The van der Waals surface area contributed by atoms with Crippen LogP contribution in [0.2, 0.25) is 5.02 Å². The Bertz CT molecular complexity index is 580. The van der Waals surface area contributed by atoms with Crippen molar-refractivity contribution in [3.63, 3.8) is 0 Å². The van der Waals surface area contributed by atoms with Gasteiger partial charge >= 0.3 is 0 Å². The number of halogens is 1. The van der Waals surface area contributed by atoms with E-state index in [0.717, 1.165) is 11.4 Å². The maximum absolute atomic E-state index is 6.10. The van der Waals surface area contributed by atoms with Gasteiger partial charge in [0, 0.05) is 10.6 Å². The molecule has 2 aromatic rings. The van der Waals surface area contributed by atoms with Crippen LogP contribution in [0.5, 0.6) is 0 Å². The van der Waals surface area contributed by atoms with E-state index in [-0.39, 0.29) is 0 Å². The number of rotatable bonds is 4. The van der Waals surface area contributed by atoms with E-state index in [1.54, 1.807) is 17.4 Å². The molecule has 0 spiro atoms. The summed E-state index contributed by atoms with van der Waals surface area (Å²) in [4.78, 5) is 5.69. The lowest BCUT2D eigenvalue weighted by molar-refractivity contribution is 1.12. The van der Waals surface area contributed by atoms with Crippen LogP contribution in [0.3, 0.4) is 0 Å². The molecule has 94 valence electrons. The lowest BCUT2D eigenvalue weighted by Gasteiger charge is -2.12. The van der Waals surface area contributed by atoms with Gasteiger partial charge in [0.05, 0.1) is 28.3 Å². The summed E-state index contributed by atoms with van der Waals surface area (Å²) in [5.74, 6) is 0. The van der Waals surface area contributed by atoms with Gasteiger partial charge in [0.25, 0.3) is 0 Å². The van der Waals surface area contributed by atoms with Crippen LogP contribution < -0.4 is 11.1 Å². The van der Waals surface area contributed by atoms with Crippen molar-refractivity contribution in [2.24, 2.45) is 5.73 Å². The van der Waals surface area contributed by atoms with Gasteiger partial charge in [-0.15, -0.1) is 11.3 Å². The SMILES string of the molecule is Cc1ncsc1CNc1cccc(Cl)c1C(N)=S. The summed E-state index contributed by atoms with van der Waals surface area (Å²) in [5, 5.41) is 3.86. The highest BCUT2D eigenvalue weighted by molar-refractivity contribution is 7.80. The van der Waals surface area contributed by atoms with Crippen LogP contribution in [0.4, 0.5) is 5.69 Å². The summed E-state index contributed by atoms with van der Waals surface area (Å²) < 4.78 is 0. The van der Waals surface area contributed by atoms with Crippen molar-refractivity contribution in [2.75, 3.05) is 5.32 Å². The molecule has 3 N–H and O–H groups in total. The second-order valence-electron chi connectivity index (χ2n) is 3.74. The molecular weight excluding hydrogens is 286 g/mol. The minimum atomic E-state index is 0.295. The molecule has 1 aromatic carbocycles.